The second kappa shape index (κ2) is 9.45. The normalized spacial score (nSPS) is 11.3. The molecular weight excluding hydrogens is 298 g/mol. The Morgan fingerprint density at radius 1 is 1.22 bits per heavy atom. The van der Waals surface area contributed by atoms with Crippen molar-refractivity contribution in [1.29, 1.82) is 0 Å². The fourth-order valence-electron chi connectivity index (χ4n) is 1.77. The van der Waals surface area contributed by atoms with E-state index in [4.69, 9.17) is 4.74 Å². The van der Waals surface area contributed by atoms with Gasteiger partial charge in [0.2, 0.25) is 0 Å². The standard InChI is InChI=1S/C16H23N3O4/c1-4-5-10-18-13-9-7-6-8-12(13)15(21)23-11(2)14(20)19-16(22)17-3/h6-9,11,18H,4-5,10H2,1-3H3,(H2,17,19,20,22). The third-order valence-electron chi connectivity index (χ3n) is 3.11. The van der Waals surface area contributed by atoms with Gasteiger partial charge in [-0.2, -0.15) is 0 Å². The van der Waals surface area contributed by atoms with E-state index in [0.717, 1.165) is 19.4 Å². The van der Waals surface area contributed by atoms with E-state index >= 15 is 0 Å². The number of imide groups is 1. The van der Waals surface area contributed by atoms with Crippen molar-refractivity contribution in [3.63, 3.8) is 0 Å². The third-order valence-corrected chi connectivity index (χ3v) is 3.11. The lowest BCUT2D eigenvalue weighted by Crippen LogP contribution is -2.43. The van der Waals surface area contributed by atoms with E-state index in [0.29, 0.717) is 11.3 Å². The lowest BCUT2D eigenvalue weighted by molar-refractivity contribution is -0.127. The van der Waals surface area contributed by atoms with Crippen molar-refractivity contribution in [1.82, 2.24) is 10.6 Å². The SMILES string of the molecule is CCCCNc1ccccc1C(=O)OC(C)C(=O)NC(=O)NC. The first kappa shape index (κ1) is 18.5. The van der Waals surface area contributed by atoms with Gasteiger partial charge in [0.05, 0.1) is 5.56 Å². The Bertz CT molecular complexity index is 560. The molecular formula is C16H23N3O4. The molecule has 1 atom stereocenters. The number of rotatable bonds is 7. The summed E-state index contributed by atoms with van der Waals surface area (Å²) in [6.07, 6.45) is 0.938. The molecule has 23 heavy (non-hydrogen) atoms. The maximum atomic E-state index is 12.2. The van der Waals surface area contributed by atoms with Gasteiger partial charge in [-0.15, -0.1) is 0 Å². The highest BCUT2D eigenvalue weighted by Gasteiger charge is 2.21. The molecule has 0 radical (unpaired) electrons. The van der Waals surface area contributed by atoms with E-state index in [-0.39, 0.29) is 0 Å². The van der Waals surface area contributed by atoms with E-state index in [1.807, 2.05) is 6.07 Å². The number of amides is 3. The van der Waals surface area contributed by atoms with Crippen molar-refractivity contribution >= 4 is 23.6 Å². The maximum Gasteiger partial charge on any atom is 0.341 e. The van der Waals surface area contributed by atoms with Gasteiger partial charge in [-0.05, 0) is 25.5 Å². The van der Waals surface area contributed by atoms with Gasteiger partial charge in [0.15, 0.2) is 6.10 Å². The number of esters is 1. The monoisotopic (exact) mass is 321 g/mol. The van der Waals surface area contributed by atoms with E-state index < -0.39 is 24.0 Å². The average molecular weight is 321 g/mol. The van der Waals surface area contributed by atoms with Crippen LogP contribution < -0.4 is 16.0 Å². The van der Waals surface area contributed by atoms with Crippen molar-refractivity contribution in [2.75, 3.05) is 18.9 Å². The second-order valence-electron chi connectivity index (χ2n) is 4.94. The minimum Gasteiger partial charge on any atom is -0.449 e. The smallest absolute Gasteiger partial charge is 0.341 e. The van der Waals surface area contributed by atoms with Crippen LogP contribution in [0.2, 0.25) is 0 Å². The summed E-state index contributed by atoms with van der Waals surface area (Å²) in [5, 5.41) is 7.49. The molecule has 7 nitrogen and oxygen atoms in total. The highest BCUT2D eigenvalue weighted by molar-refractivity contribution is 6.00. The summed E-state index contributed by atoms with van der Waals surface area (Å²) in [5.74, 6) is -1.31. The fraction of sp³-hybridized carbons (Fsp3) is 0.438. The molecule has 1 aromatic carbocycles. The molecule has 0 fully saturated rings. The van der Waals surface area contributed by atoms with Gasteiger partial charge in [0.25, 0.3) is 5.91 Å². The molecule has 0 bridgehead atoms. The Kier molecular flexibility index (Phi) is 7.59. The number of ether oxygens (including phenoxy) is 1. The fourth-order valence-corrected chi connectivity index (χ4v) is 1.77. The van der Waals surface area contributed by atoms with Crippen LogP contribution in [0.4, 0.5) is 10.5 Å². The number of benzene rings is 1. The van der Waals surface area contributed by atoms with Gasteiger partial charge in [0.1, 0.15) is 0 Å². The molecule has 3 amide bonds. The van der Waals surface area contributed by atoms with E-state index in [1.54, 1.807) is 18.2 Å². The van der Waals surface area contributed by atoms with Gasteiger partial charge in [0, 0.05) is 19.3 Å². The topological polar surface area (TPSA) is 96.5 Å². The maximum absolute atomic E-state index is 12.2. The average Bonchev–Trinajstić information content (AvgIpc) is 2.55. The van der Waals surface area contributed by atoms with Gasteiger partial charge in [-0.1, -0.05) is 25.5 Å². The zero-order chi connectivity index (χ0) is 17.2. The van der Waals surface area contributed by atoms with Crippen molar-refractivity contribution in [2.24, 2.45) is 0 Å². The molecule has 0 saturated heterocycles. The molecule has 0 saturated carbocycles. The zero-order valence-corrected chi connectivity index (χ0v) is 13.6. The van der Waals surface area contributed by atoms with Crippen LogP contribution in [0.1, 0.15) is 37.0 Å². The van der Waals surface area contributed by atoms with Crippen LogP contribution in [0, 0.1) is 0 Å². The Hall–Kier alpha value is -2.57. The minimum atomic E-state index is -1.08. The summed E-state index contributed by atoms with van der Waals surface area (Å²) in [5.41, 5.74) is 1.01. The van der Waals surface area contributed by atoms with Crippen molar-refractivity contribution in [3.05, 3.63) is 29.8 Å². The highest BCUT2D eigenvalue weighted by atomic mass is 16.5. The van der Waals surface area contributed by atoms with Crippen molar-refractivity contribution in [2.45, 2.75) is 32.8 Å². The first-order valence-corrected chi connectivity index (χ1v) is 7.56. The van der Waals surface area contributed by atoms with Crippen LogP contribution in [0.25, 0.3) is 0 Å². The number of anilines is 1. The Morgan fingerprint density at radius 2 is 1.91 bits per heavy atom. The van der Waals surface area contributed by atoms with Crippen LogP contribution in [0.15, 0.2) is 24.3 Å². The largest absolute Gasteiger partial charge is 0.449 e. The lowest BCUT2D eigenvalue weighted by atomic mass is 10.1. The van der Waals surface area contributed by atoms with Gasteiger partial charge in [-0.25, -0.2) is 9.59 Å². The Balaban J connectivity index is 2.70. The predicted octanol–water partition coefficient (Wildman–Crippen LogP) is 1.90. The molecule has 0 aliphatic carbocycles. The first-order chi connectivity index (χ1) is 11.0. The van der Waals surface area contributed by atoms with Gasteiger partial charge < -0.3 is 15.4 Å². The van der Waals surface area contributed by atoms with Crippen LogP contribution in [0.5, 0.6) is 0 Å². The third kappa shape index (κ3) is 5.98. The van der Waals surface area contributed by atoms with Crippen LogP contribution >= 0.6 is 0 Å². The molecule has 3 N–H and O–H groups in total. The van der Waals surface area contributed by atoms with Crippen molar-refractivity contribution < 1.29 is 19.1 Å². The second-order valence-corrected chi connectivity index (χ2v) is 4.94. The number of carbonyl (C=O) groups excluding carboxylic acids is 3. The molecule has 0 aliphatic rings. The summed E-state index contributed by atoms with van der Waals surface area (Å²) >= 11 is 0. The number of nitrogens with one attached hydrogen (secondary N) is 3. The molecule has 0 aromatic heterocycles. The highest BCUT2D eigenvalue weighted by Crippen LogP contribution is 2.17. The number of para-hydroxylation sites is 1. The summed E-state index contributed by atoms with van der Waals surface area (Å²) in [6, 6.07) is 6.28. The van der Waals surface area contributed by atoms with Gasteiger partial charge in [-0.3, -0.25) is 10.1 Å². The van der Waals surface area contributed by atoms with E-state index in [9.17, 15) is 14.4 Å². The lowest BCUT2D eigenvalue weighted by Gasteiger charge is -2.15. The van der Waals surface area contributed by atoms with Crippen LogP contribution in [-0.4, -0.2) is 37.6 Å². The molecule has 126 valence electrons. The summed E-state index contributed by atoms with van der Waals surface area (Å²) < 4.78 is 5.12. The number of hydrogen-bond donors (Lipinski definition) is 3. The molecule has 1 rings (SSSR count). The molecule has 0 heterocycles. The number of unbranched alkanes of at least 4 members (excludes halogenated alkanes) is 1. The van der Waals surface area contributed by atoms with E-state index in [1.165, 1.54) is 14.0 Å². The van der Waals surface area contributed by atoms with Crippen LogP contribution in [-0.2, 0) is 9.53 Å². The number of urea groups is 1. The Morgan fingerprint density at radius 3 is 2.57 bits per heavy atom. The molecule has 0 aliphatic heterocycles. The van der Waals surface area contributed by atoms with E-state index in [2.05, 4.69) is 22.9 Å². The zero-order valence-electron chi connectivity index (χ0n) is 13.6. The quantitative estimate of drug-likeness (QED) is 0.526. The number of carbonyl (C=O) groups is 3. The first-order valence-electron chi connectivity index (χ1n) is 7.56. The molecule has 7 heteroatoms. The van der Waals surface area contributed by atoms with Gasteiger partial charge >= 0.3 is 12.0 Å². The summed E-state index contributed by atoms with van der Waals surface area (Å²) in [4.78, 5) is 35.0. The predicted molar refractivity (Wildman–Crippen MR) is 87.3 cm³/mol. The molecule has 0 spiro atoms. The number of hydrogen-bond acceptors (Lipinski definition) is 5. The van der Waals surface area contributed by atoms with Crippen LogP contribution in [0.3, 0.4) is 0 Å². The molecule has 1 unspecified atom stereocenters. The Labute approximate surface area is 135 Å². The summed E-state index contributed by atoms with van der Waals surface area (Å²) in [7, 11) is 1.39. The minimum absolute atomic E-state index is 0.350. The summed E-state index contributed by atoms with van der Waals surface area (Å²) in [6.45, 7) is 4.23. The molecule has 1 aromatic rings. The van der Waals surface area contributed by atoms with Crippen molar-refractivity contribution in [3.8, 4) is 0 Å².